The molecule has 29 heavy (non-hydrogen) atoms. The van der Waals surface area contributed by atoms with Crippen molar-refractivity contribution in [1.82, 2.24) is 15.1 Å². The van der Waals surface area contributed by atoms with Crippen LogP contribution < -0.4 is 10.1 Å². The molecule has 1 aliphatic heterocycles. The Kier molecular flexibility index (Phi) is 5.91. The molecule has 3 aromatic rings. The largest absolute Gasteiger partial charge is 0.497 e. The number of rotatable bonds is 6. The van der Waals surface area contributed by atoms with Gasteiger partial charge in [-0.2, -0.15) is 5.10 Å². The molecule has 1 amide bonds. The van der Waals surface area contributed by atoms with Gasteiger partial charge in [0.2, 0.25) is 0 Å². The first-order valence-electron chi connectivity index (χ1n) is 9.90. The second-order valence-electron chi connectivity index (χ2n) is 7.18. The van der Waals surface area contributed by atoms with Crippen LogP contribution in [0.4, 0.5) is 0 Å². The molecule has 2 aromatic carbocycles. The predicted octanol–water partition coefficient (Wildman–Crippen LogP) is 3.70. The van der Waals surface area contributed by atoms with E-state index < -0.39 is 0 Å². The number of benzene rings is 2. The number of methoxy groups -OCH3 is 1. The number of amides is 1. The van der Waals surface area contributed by atoms with Crippen LogP contribution >= 0.6 is 0 Å². The highest BCUT2D eigenvalue weighted by molar-refractivity contribution is 5.93. The van der Waals surface area contributed by atoms with Gasteiger partial charge in [-0.1, -0.05) is 18.2 Å². The maximum Gasteiger partial charge on any atom is 0.271 e. The van der Waals surface area contributed by atoms with E-state index in [0.717, 1.165) is 42.1 Å². The van der Waals surface area contributed by atoms with E-state index in [2.05, 4.69) is 10.4 Å². The smallest absolute Gasteiger partial charge is 0.271 e. The minimum atomic E-state index is -0.167. The van der Waals surface area contributed by atoms with Crippen LogP contribution in [0.1, 0.15) is 23.3 Å². The van der Waals surface area contributed by atoms with E-state index >= 15 is 0 Å². The monoisotopic (exact) mass is 391 g/mol. The van der Waals surface area contributed by atoms with Crippen molar-refractivity contribution in [3.05, 3.63) is 66.4 Å². The molecule has 150 valence electrons. The molecule has 1 aromatic heterocycles. The lowest BCUT2D eigenvalue weighted by Crippen LogP contribution is -2.33. The molecule has 6 heteroatoms. The van der Waals surface area contributed by atoms with Crippen LogP contribution in [0.2, 0.25) is 0 Å². The molecule has 1 atom stereocenters. The zero-order valence-corrected chi connectivity index (χ0v) is 16.5. The van der Waals surface area contributed by atoms with Crippen LogP contribution in [0.15, 0.2) is 60.7 Å². The van der Waals surface area contributed by atoms with Gasteiger partial charge in [-0.3, -0.25) is 4.79 Å². The van der Waals surface area contributed by atoms with E-state index in [4.69, 9.17) is 9.47 Å². The summed E-state index contributed by atoms with van der Waals surface area (Å²) in [5.41, 5.74) is 3.11. The van der Waals surface area contributed by atoms with Crippen molar-refractivity contribution in [2.45, 2.75) is 12.8 Å². The normalized spacial score (nSPS) is 16.4. The van der Waals surface area contributed by atoms with E-state index in [-0.39, 0.29) is 5.91 Å². The predicted molar refractivity (Wildman–Crippen MR) is 111 cm³/mol. The Balaban J connectivity index is 1.61. The summed E-state index contributed by atoms with van der Waals surface area (Å²) in [4.78, 5) is 12.8. The number of ether oxygens (including phenoxy) is 2. The van der Waals surface area contributed by atoms with Gasteiger partial charge in [0.05, 0.1) is 25.1 Å². The number of carbonyl (C=O) groups excluding carboxylic acids is 1. The second-order valence-corrected chi connectivity index (χ2v) is 7.18. The molecule has 0 unspecified atom stereocenters. The first kappa shape index (κ1) is 19.2. The zero-order valence-electron chi connectivity index (χ0n) is 16.5. The first-order chi connectivity index (χ1) is 14.2. The zero-order chi connectivity index (χ0) is 20.1. The molecule has 1 N–H and O–H groups in total. The summed E-state index contributed by atoms with van der Waals surface area (Å²) in [6, 6.07) is 19.4. The minimum absolute atomic E-state index is 0.167. The fraction of sp³-hybridized carbons (Fsp3) is 0.304. The second kappa shape index (κ2) is 8.92. The molecular formula is C23H25N3O3. The molecule has 1 aliphatic rings. The number of nitrogens with zero attached hydrogens (tertiary/aromatic N) is 2. The van der Waals surface area contributed by atoms with Crippen molar-refractivity contribution in [2.75, 3.05) is 26.9 Å². The van der Waals surface area contributed by atoms with Crippen LogP contribution in [0.5, 0.6) is 5.75 Å². The molecular weight excluding hydrogens is 366 g/mol. The van der Waals surface area contributed by atoms with Crippen LogP contribution in [-0.2, 0) is 4.74 Å². The van der Waals surface area contributed by atoms with Crippen molar-refractivity contribution in [3.8, 4) is 22.7 Å². The number of hydrogen-bond acceptors (Lipinski definition) is 4. The van der Waals surface area contributed by atoms with E-state index in [1.54, 1.807) is 11.8 Å². The molecule has 0 saturated carbocycles. The van der Waals surface area contributed by atoms with Crippen molar-refractivity contribution < 1.29 is 14.3 Å². The third-order valence-electron chi connectivity index (χ3n) is 5.13. The summed E-state index contributed by atoms with van der Waals surface area (Å²) in [5, 5.41) is 7.62. The van der Waals surface area contributed by atoms with Crippen molar-refractivity contribution in [2.24, 2.45) is 5.92 Å². The quantitative estimate of drug-likeness (QED) is 0.696. The lowest BCUT2D eigenvalue weighted by molar-refractivity contribution is 0.0535. The average Bonchev–Trinajstić information content (AvgIpc) is 3.24. The summed E-state index contributed by atoms with van der Waals surface area (Å²) in [6.07, 6.45) is 2.13. The van der Waals surface area contributed by atoms with Gasteiger partial charge in [-0.05, 0) is 61.2 Å². The lowest BCUT2D eigenvalue weighted by Gasteiger charge is -2.21. The van der Waals surface area contributed by atoms with Gasteiger partial charge >= 0.3 is 0 Å². The molecule has 0 radical (unpaired) electrons. The van der Waals surface area contributed by atoms with Gasteiger partial charge in [0, 0.05) is 18.7 Å². The maximum atomic E-state index is 12.8. The molecule has 0 bridgehead atoms. The van der Waals surface area contributed by atoms with Crippen LogP contribution in [0, 0.1) is 5.92 Å². The van der Waals surface area contributed by atoms with Crippen LogP contribution in [-0.4, -0.2) is 42.6 Å². The average molecular weight is 391 g/mol. The Hall–Kier alpha value is -3.12. The van der Waals surface area contributed by atoms with Crippen molar-refractivity contribution in [1.29, 1.82) is 0 Å². The number of hydrogen-bond donors (Lipinski definition) is 1. The van der Waals surface area contributed by atoms with E-state index in [1.807, 2.05) is 60.7 Å². The Morgan fingerprint density at radius 2 is 2.00 bits per heavy atom. The standard InChI is InChI=1S/C23H25N3O3/c1-28-20-11-9-18(10-12-20)22-14-21(25-26(22)19-7-3-2-4-8-19)23(27)24-15-17-6-5-13-29-16-17/h2-4,7-12,14,17H,5-6,13,15-16H2,1H3,(H,24,27)/t17-/m0/s1. The van der Waals surface area contributed by atoms with Gasteiger partial charge in [0.15, 0.2) is 5.69 Å². The van der Waals surface area contributed by atoms with Crippen molar-refractivity contribution in [3.63, 3.8) is 0 Å². The first-order valence-corrected chi connectivity index (χ1v) is 9.90. The fourth-order valence-electron chi connectivity index (χ4n) is 3.52. The SMILES string of the molecule is COc1ccc(-c2cc(C(=O)NC[C@@H]3CCCOC3)nn2-c2ccccc2)cc1. The number of carbonyl (C=O) groups is 1. The van der Waals surface area contributed by atoms with E-state index in [9.17, 15) is 4.79 Å². The van der Waals surface area contributed by atoms with Gasteiger partial charge in [-0.15, -0.1) is 0 Å². The van der Waals surface area contributed by atoms with E-state index in [1.165, 1.54) is 0 Å². The topological polar surface area (TPSA) is 65.4 Å². The van der Waals surface area contributed by atoms with Gasteiger partial charge in [-0.25, -0.2) is 4.68 Å². The third-order valence-corrected chi connectivity index (χ3v) is 5.13. The number of aromatic nitrogens is 2. The maximum absolute atomic E-state index is 12.8. The molecule has 6 nitrogen and oxygen atoms in total. The number of nitrogens with one attached hydrogen (secondary N) is 1. The van der Waals surface area contributed by atoms with Crippen LogP contribution in [0.25, 0.3) is 16.9 Å². The Labute approximate surface area is 170 Å². The molecule has 1 fully saturated rings. The summed E-state index contributed by atoms with van der Waals surface area (Å²) >= 11 is 0. The third kappa shape index (κ3) is 4.49. The Morgan fingerprint density at radius 3 is 2.69 bits per heavy atom. The highest BCUT2D eigenvalue weighted by Gasteiger charge is 2.19. The van der Waals surface area contributed by atoms with Gasteiger partial charge in [0.25, 0.3) is 5.91 Å². The fourth-order valence-corrected chi connectivity index (χ4v) is 3.52. The molecule has 1 saturated heterocycles. The van der Waals surface area contributed by atoms with Crippen LogP contribution in [0.3, 0.4) is 0 Å². The highest BCUT2D eigenvalue weighted by atomic mass is 16.5. The summed E-state index contributed by atoms with van der Waals surface area (Å²) in [5.74, 6) is 0.983. The van der Waals surface area contributed by atoms with Crippen molar-refractivity contribution >= 4 is 5.91 Å². The lowest BCUT2D eigenvalue weighted by atomic mass is 10.0. The minimum Gasteiger partial charge on any atom is -0.497 e. The molecule has 2 heterocycles. The highest BCUT2D eigenvalue weighted by Crippen LogP contribution is 2.26. The molecule has 4 rings (SSSR count). The van der Waals surface area contributed by atoms with E-state index in [0.29, 0.717) is 24.8 Å². The van der Waals surface area contributed by atoms with Gasteiger partial charge < -0.3 is 14.8 Å². The summed E-state index contributed by atoms with van der Waals surface area (Å²) in [7, 11) is 1.64. The number of para-hydroxylation sites is 1. The summed E-state index contributed by atoms with van der Waals surface area (Å²) in [6.45, 7) is 2.13. The molecule has 0 aliphatic carbocycles. The Morgan fingerprint density at radius 1 is 1.21 bits per heavy atom. The molecule has 0 spiro atoms. The summed E-state index contributed by atoms with van der Waals surface area (Å²) < 4.78 is 12.6. The Bertz CT molecular complexity index is 945. The van der Waals surface area contributed by atoms with Gasteiger partial charge in [0.1, 0.15) is 5.75 Å².